The van der Waals surface area contributed by atoms with E-state index >= 15 is 0 Å². The normalized spacial score (nSPS) is 15.1. The largest absolute Gasteiger partial charge is 0.373 e. The Kier molecular flexibility index (Phi) is 17.7. The summed E-state index contributed by atoms with van der Waals surface area (Å²) in [6, 6.07) is 0. The molecule has 0 aromatic heterocycles. The average molecular weight is 475 g/mol. The van der Waals surface area contributed by atoms with Gasteiger partial charge in [0.1, 0.15) is 6.54 Å². The van der Waals surface area contributed by atoms with Gasteiger partial charge in [0.2, 0.25) is 5.34 Å². The van der Waals surface area contributed by atoms with Gasteiger partial charge < -0.3 is 19.4 Å². The zero-order valence-electron chi connectivity index (χ0n) is 21.5. The van der Waals surface area contributed by atoms with Crippen molar-refractivity contribution in [3.63, 3.8) is 0 Å². The van der Waals surface area contributed by atoms with Crippen LogP contribution in [-0.2, 0) is 4.57 Å². The lowest BCUT2D eigenvalue weighted by Gasteiger charge is -2.35. The fraction of sp³-hybridized carbons (Fsp3) is 0.846. The summed E-state index contributed by atoms with van der Waals surface area (Å²) in [6.07, 6.45) is 26.9. The third-order valence-electron chi connectivity index (χ3n) is 5.78. The molecular weight excluding hydrogens is 421 g/mol. The van der Waals surface area contributed by atoms with Crippen LogP contribution in [0.3, 0.4) is 0 Å². The quantitative estimate of drug-likeness (QED) is 0.0729. The SMILES string of the molecule is CCCCCCCC/C=C\CC/C=C\CCCCCCCC(O)(C[N+](C)(C)C)P(=O)(O)O. The van der Waals surface area contributed by atoms with E-state index in [1.54, 1.807) is 0 Å². The van der Waals surface area contributed by atoms with Crippen LogP contribution in [0.25, 0.3) is 0 Å². The highest BCUT2D eigenvalue weighted by molar-refractivity contribution is 7.53. The second kappa shape index (κ2) is 18.0. The highest BCUT2D eigenvalue weighted by atomic mass is 31.2. The topological polar surface area (TPSA) is 77.8 Å². The van der Waals surface area contributed by atoms with E-state index in [-0.39, 0.29) is 13.0 Å². The molecule has 0 radical (unpaired) electrons. The molecular formula is C26H53NO4P+. The summed E-state index contributed by atoms with van der Waals surface area (Å²) in [5.74, 6) is 0. The van der Waals surface area contributed by atoms with Crippen molar-refractivity contribution >= 4 is 7.60 Å². The fourth-order valence-electron chi connectivity index (χ4n) is 3.98. The number of quaternary nitrogens is 1. The van der Waals surface area contributed by atoms with Crippen molar-refractivity contribution in [2.45, 2.75) is 115 Å². The van der Waals surface area contributed by atoms with Crippen LogP contribution in [-0.4, -0.2) is 52.4 Å². The minimum Gasteiger partial charge on any atom is -0.373 e. The van der Waals surface area contributed by atoms with E-state index in [0.29, 0.717) is 10.9 Å². The fourth-order valence-corrected chi connectivity index (χ4v) is 5.04. The first-order chi connectivity index (χ1) is 15.0. The number of rotatable bonds is 21. The van der Waals surface area contributed by atoms with Crippen LogP contribution in [0, 0.1) is 0 Å². The molecule has 0 aliphatic carbocycles. The van der Waals surface area contributed by atoms with Crippen LogP contribution >= 0.6 is 7.60 Å². The molecule has 1 atom stereocenters. The molecule has 190 valence electrons. The zero-order valence-corrected chi connectivity index (χ0v) is 22.4. The molecule has 0 aliphatic rings. The number of aliphatic hydroxyl groups is 1. The van der Waals surface area contributed by atoms with Gasteiger partial charge in [-0.05, 0) is 51.4 Å². The van der Waals surface area contributed by atoms with Crippen LogP contribution in [0.5, 0.6) is 0 Å². The van der Waals surface area contributed by atoms with E-state index in [1.807, 2.05) is 21.1 Å². The summed E-state index contributed by atoms with van der Waals surface area (Å²) < 4.78 is 12.1. The number of unbranched alkanes of at least 4 members (excludes halogenated alkanes) is 12. The number of likely N-dealkylation sites (N-methyl/N-ethyl adjacent to an activating group) is 1. The maximum Gasteiger partial charge on any atom is 0.362 e. The maximum absolute atomic E-state index is 11.8. The van der Waals surface area contributed by atoms with E-state index in [0.717, 1.165) is 44.9 Å². The van der Waals surface area contributed by atoms with E-state index in [4.69, 9.17) is 0 Å². The van der Waals surface area contributed by atoms with Gasteiger partial charge in [-0.2, -0.15) is 0 Å². The van der Waals surface area contributed by atoms with Gasteiger partial charge in [0.05, 0.1) is 21.1 Å². The lowest BCUT2D eigenvalue weighted by atomic mass is 10.1. The minimum atomic E-state index is -4.55. The van der Waals surface area contributed by atoms with E-state index < -0.39 is 12.9 Å². The summed E-state index contributed by atoms with van der Waals surface area (Å²) in [5, 5.41) is 8.61. The van der Waals surface area contributed by atoms with Crippen molar-refractivity contribution in [1.29, 1.82) is 0 Å². The summed E-state index contributed by atoms with van der Waals surface area (Å²) >= 11 is 0. The van der Waals surface area contributed by atoms with Crippen LogP contribution in [0.4, 0.5) is 0 Å². The molecule has 0 rings (SSSR count). The molecule has 0 aromatic rings. The number of hydrogen-bond acceptors (Lipinski definition) is 2. The molecule has 1 unspecified atom stereocenters. The van der Waals surface area contributed by atoms with E-state index in [1.165, 1.54) is 44.9 Å². The van der Waals surface area contributed by atoms with Gasteiger partial charge in [-0.3, -0.25) is 4.57 Å². The smallest absolute Gasteiger partial charge is 0.362 e. The Balaban J connectivity index is 3.70. The van der Waals surface area contributed by atoms with Crippen LogP contribution in [0.2, 0.25) is 0 Å². The first-order valence-electron chi connectivity index (χ1n) is 12.9. The lowest BCUT2D eigenvalue weighted by Crippen LogP contribution is -2.49. The molecule has 0 fully saturated rings. The molecule has 0 saturated carbocycles. The molecule has 32 heavy (non-hydrogen) atoms. The van der Waals surface area contributed by atoms with E-state index in [2.05, 4.69) is 31.2 Å². The van der Waals surface area contributed by atoms with Crippen molar-refractivity contribution < 1.29 is 23.9 Å². The molecule has 6 heteroatoms. The third kappa shape index (κ3) is 18.0. The third-order valence-corrected chi connectivity index (χ3v) is 7.22. The van der Waals surface area contributed by atoms with Crippen LogP contribution in [0.15, 0.2) is 24.3 Å². The Hall–Kier alpha value is -0.450. The second-order valence-corrected chi connectivity index (χ2v) is 12.3. The summed E-state index contributed by atoms with van der Waals surface area (Å²) in [6.45, 7) is 2.31. The van der Waals surface area contributed by atoms with Crippen molar-refractivity contribution in [1.82, 2.24) is 0 Å². The number of hydrogen-bond donors (Lipinski definition) is 3. The average Bonchev–Trinajstić information content (AvgIpc) is 2.67. The highest BCUT2D eigenvalue weighted by Gasteiger charge is 2.48. The summed E-state index contributed by atoms with van der Waals surface area (Å²) in [4.78, 5) is 19.2. The molecule has 0 aliphatic heterocycles. The number of allylic oxidation sites excluding steroid dienone is 4. The van der Waals surface area contributed by atoms with Gasteiger partial charge in [0.25, 0.3) is 0 Å². The zero-order chi connectivity index (χ0) is 24.3. The first-order valence-corrected chi connectivity index (χ1v) is 14.5. The van der Waals surface area contributed by atoms with Gasteiger partial charge in [-0.25, -0.2) is 0 Å². The molecule has 0 heterocycles. The molecule has 0 aromatic carbocycles. The first kappa shape index (κ1) is 31.6. The molecule has 0 saturated heterocycles. The summed E-state index contributed by atoms with van der Waals surface area (Å²) in [7, 11) is 0.951. The Morgan fingerprint density at radius 2 is 1.09 bits per heavy atom. The summed E-state index contributed by atoms with van der Waals surface area (Å²) in [5.41, 5.74) is 0. The van der Waals surface area contributed by atoms with Gasteiger partial charge in [-0.1, -0.05) is 82.6 Å². The lowest BCUT2D eigenvalue weighted by molar-refractivity contribution is -0.875. The molecule has 0 spiro atoms. The van der Waals surface area contributed by atoms with E-state index in [9.17, 15) is 19.5 Å². The maximum atomic E-state index is 11.8. The Bertz CT molecular complexity index is 551. The Labute approximate surface area is 198 Å². The van der Waals surface area contributed by atoms with Crippen molar-refractivity contribution in [3.05, 3.63) is 24.3 Å². The predicted molar refractivity (Wildman–Crippen MR) is 138 cm³/mol. The Morgan fingerprint density at radius 1 is 0.688 bits per heavy atom. The molecule has 3 N–H and O–H groups in total. The second-order valence-electron chi connectivity index (χ2n) is 10.4. The van der Waals surface area contributed by atoms with Crippen molar-refractivity contribution in [2.75, 3.05) is 27.7 Å². The van der Waals surface area contributed by atoms with Gasteiger partial charge in [-0.15, -0.1) is 0 Å². The standard InChI is InChI=1S/C26H52NO4P/c1-5-6-7-8-9-10-11-12-13-14-15-16-17-18-19-20-21-22-23-24-26(28,32(29,30)31)25-27(2,3)4/h12-13,16-17,28H,5-11,14-15,18-25H2,1-4H3,(H-,29,30,31)/p+1/b13-12-,17-16-. The number of nitrogens with zero attached hydrogens (tertiary/aromatic N) is 1. The minimum absolute atomic E-state index is 0.0519. The highest BCUT2D eigenvalue weighted by Crippen LogP contribution is 2.52. The van der Waals surface area contributed by atoms with Crippen LogP contribution < -0.4 is 0 Å². The molecule has 5 nitrogen and oxygen atoms in total. The Morgan fingerprint density at radius 3 is 1.53 bits per heavy atom. The van der Waals surface area contributed by atoms with Crippen molar-refractivity contribution in [2.24, 2.45) is 0 Å². The van der Waals surface area contributed by atoms with Gasteiger partial charge in [0.15, 0.2) is 0 Å². The monoisotopic (exact) mass is 474 g/mol. The van der Waals surface area contributed by atoms with Crippen molar-refractivity contribution in [3.8, 4) is 0 Å². The molecule has 0 bridgehead atoms. The van der Waals surface area contributed by atoms with Crippen LogP contribution in [0.1, 0.15) is 110 Å². The van der Waals surface area contributed by atoms with Gasteiger partial charge >= 0.3 is 7.60 Å². The molecule has 0 amide bonds. The van der Waals surface area contributed by atoms with Gasteiger partial charge in [0, 0.05) is 0 Å². The predicted octanol–water partition coefficient (Wildman–Crippen LogP) is 6.93.